The third-order valence-corrected chi connectivity index (χ3v) is 4.10. The molecule has 0 saturated carbocycles. The fourth-order valence-electron chi connectivity index (χ4n) is 2.38. The highest BCUT2D eigenvalue weighted by molar-refractivity contribution is 5.79. The molecular weight excluding hydrogens is 318 g/mol. The number of amides is 1. The first-order valence-electron chi connectivity index (χ1n) is 8.24. The Bertz CT molecular complexity index is 715. The van der Waals surface area contributed by atoms with Crippen LogP contribution in [-0.2, 0) is 16.0 Å². The summed E-state index contributed by atoms with van der Waals surface area (Å²) < 4.78 is 5.65. The van der Waals surface area contributed by atoms with Gasteiger partial charge in [-0.3, -0.25) is 9.59 Å². The van der Waals surface area contributed by atoms with Gasteiger partial charge in [0.25, 0.3) is 5.91 Å². The topological polar surface area (TPSA) is 75.6 Å². The molecule has 2 rings (SSSR count). The molecule has 2 atom stereocenters. The molecule has 0 bridgehead atoms. The Hall–Kier alpha value is -2.82. The van der Waals surface area contributed by atoms with E-state index in [1.54, 1.807) is 13.8 Å². The third kappa shape index (κ3) is 5.64. The standard InChI is InChI=1S/C20H23NO4/c1-14(20(23)24)15(2)21-19(22)13-25-18-11-7-6-10-17(18)12-16-8-4-3-5-9-16/h3-11,14-15H,12-13H2,1-2H3,(H,21,22)(H,23,24). The van der Waals surface area contributed by atoms with Crippen LogP contribution in [0.2, 0.25) is 0 Å². The number of ether oxygens (including phenoxy) is 1. The Morgan fingerprint density at radius 3 is 2.36 bits per heavy atom. The van der Waals surface area contributed by atoms with Gasteiger partial charge in [-0.1, -0.05) is 48.5 Å². The van der Waals surface area contributed by atoms with Gasteiger partial charge in [-0.2, -0.15) is 0 Å². The molecule has 0 saturated heterocycles. The van der Waals surface area contributed by atoms with Gasteiger partial charge in [0.2, 0.25) is 0 Å². The molecule has 0 radical (unpaired) electrons. The van der Waals surface area contributed by atoms with Gasteiger partial charge in [0.05, 0.1) is 5.92 Å². The van der Waals surface area contributed by atoms with Gasteiger partial charge in [-0.25, -0.2) is 0 Å². The highest BCUT2D eigenvalue weighted by Crippen LogP contribution is 2.21. The van der Waals surface area contributed by atoms with Gasteiger partial charge < -0.3 is 15.2 Å². The van der Waals surface area contributed by atoms with Crippen molar-refractivity contribution in [3.05, 3.63) is 65.7 Å². The van der Waals surface area contributed by atoms with Crippen molar-refractivity contribution in [1.29, 1.82) is 0 Å². The smallest absolute Gasteiger partial charge is 0.308 e. The van der Waals surface area contributed by atoms with Crippen LogP contribution in [0, 0.1) is 5.92 Å². The highest BCUT2D eigenvalue weighted by Gasteiger charge is 2.21. The maximum Gasteiger partial charge on any atom is 0.308 e. The Morgan fingerprint density at radius 1 is 1.04 bits per heavy atom. The fraction of sp³-hybridized carbons (Fsp3) is 0.300. The lowest BCUT2D eigenvalue weighted by Gasteiger charge is -2.18. The summed E-state index contributed by atoms with van der Waals surface area (Å²) in [6.45, 7) is 3.08. The summed E-state index contributed by atoms with van der Waals surface area (Å²) in [7, 11) is 0. The predicted molar refractivity (Wildman–Crippen MR) is 95.6 cm³/mol. The maximum absolute atomic E-state index is 12.0. The van der Waals surface area contributed by atoms with E-state index in [-0.39, 0.29) is 12.5 Å². The number of nitrogens with one attached hydrogen (secondary N) is 1. The van der Waals surface area contributed by atoms with Gasteiger partial charge in [0.1, 0.15) is 5.75 Å². The Kier molecular flexibility index (Phi) is 6.57. The van der Waals surface area contributed by atoms with Crippen molar-refractivity contribution < 1.29 is 19.4 Å². The molecule has 0 fully saturated rings. The summed E-state index contributed by atoms with van der Waals surface area (Å²) in [5.41, 5.74) is 2.15. The minimum Gasteiger partial charge on any atom is -0.483 e. The summed E-state index contributed by atoms with van der Waals surface area (Å²) in [4.78, 5) is 22.9. The van der Waals surface area contributed by atoms with Crippen molar-refractivity contribution >= 4 is 11.9 Å². The van der Waals surface area contributed by atoms with Gasteiger partial charge in [0.15, 0.2) is 6.61 Å². The van der Waals surface area contributed by atoms with Crippen LogP contribution in [0.1, 0.15) is 25.0 Å². The molecule has 2 unspecified atom stereocenters. The van der Waals surface area contributed by atoms with E-state index in [0.29, 0.717) is 12.2 Å². The average Bonchev–Trinajstić information content (AvgIpc) is 2.61. The van der Waals surface area contributed by atoms with Crippen LogP contribution in [0.3, 0.4) is 0 Å². The number of rotatable bonds is 8. The third-order valence-electron chi connectivity index (χ3n) is 4.10. The lowest BCUT2D eigenvalue weighted by atomic mass is 10.0. The molecule has 2 aromatic carbocycles. The van der Waals surface area contributed by atoms with Crippen molar-refractivity contribution in [3.8, 4) is 5.75 Å². The number of aliphatic carboxylic acids is 1. The molecule has 0 aliphatic heterocycles. The molecule has 0 aliphatic carbocycles. The van der Waals surface area contributed by atoms with Crippen molar-refractivity contribution in [2.75, 3.05) is 6.61 Å². The maximum atomic E-state index is 12.0. The molecule has 2 aromatic rings. The van der Waals surface area contributed by atoms with E-state index in [0.717, 1.165) is 11.1 Å². The van der Waals surface area contributed by atoms with Crippen LogP contribution >= 0.6 is 0 Å². The molecule has 1 amide bonds. The molecule has 5 heteroatoms. The first kappa shape index (κ1) is 18.5. The van der Waals surface area contributed by atoms with Crippen LogP contribution in [-0.4, -0.2) is 29.6 Å². The van der Waals surface area contributed by atoms with Crippen molar-refractivity contribution in [3.63, 3.8) is 0 Å². The Morgan fingerprint density at radius 2 is 1.68 bits per heavy atom. The first-order chi connectivity index (χ1) is 12.0. The number of carbonyl (C=O) groups is 2. The van der Waals surface area contributed by atoms with E-state index >= 15 is 0 Å². The zero-order valence-electron chi connectivity index (χ0n) is 14.4. The lowest BCUT2D eigenvalue weighted by molar-refractivity contribution is -0.142. The molecule has 0 aliphatic rings. The quantitative estimate of drug-likeness (QED) is 0.774. The van der Waals surface area contributed by atoms with Gasteiger partial charge in [-0.15, -0.1) is 0 Å². The van der Waals surface area contributed by atoms with Crippen LogP contribution in [0.4, 0.5) is 0 Å². The summed E-state index contributed by atoms with van der Waals surface area (Å²) >= 11 is 0. The van der Waals surface area contributed by atoms with Crippen molar-refractivity contribution in [2.45, 2.75) is 26.3 Å². The van der Waals surface area contributed by atoms with Gasteiger partial charge in [0, 0.05) is 12.5 Å². The number of carboxylic acid groups (broad SMARTS) is 1. The zero-order valence-corrected chi connectivity index (χ0v) is 14.4. The molecule has 0 spiro atoms. The van der Waals surface area contributed by atoms with Crippen LogP contribution < -0.4 is 10.1 Å². The number of benzene rings is 2. The second-order valence-corrected chi connectivity index (χ2v) is 6.04. The summed E-state index contributed by atoms with van der Waals surface area (Å²) in [5, 5.41) is 11.6. The van der Waals surface area contributed by atoms with E-state index in [2.05, 4.69) is 5.32 Å². The number of hydrogen-bond donors (Lipinski definition) is 2. The predicted octanol–water partition coefficient (Wildman–Crippen LogP) is 2.88. The van der Waals surface area contributed by atoms with Crippen LogP contribution in [0.5, 0.6) is 5.75 Å². The van der Waals surface area contributed by atoms with E-state index in [9.17, 15) is 9.59 Å². The monoisotopic (exact) mass is 341 g/mol. The first-order valence-corrected chi connectivity index (χ1v) is 8.24. The van der Waals surface area contributed by atoms with Crippen molar-refractivity contribution in [2.24, 2.45) is 5.92 Å². The summed E-state index contributed by atoms with van der Waals surface area (Å²) in [6, 6.07) is 17.1. The second-order valence-electron chi connectivity index (χ2n) is 6.04. The average molecular weight is 341 g/mol. The molecule has 25 heavy (non-hydrogen) atoms. The normalized spacial score (nSPS) is 12.9. The second kappa shape index (κ2) is 8.87. The van der Waals surface area contributed by atoms with Crippen LogP contribution in [0.25, 0.3) is 0 Å². The molecule has 2 N–H and O–H groups in total. The van der Waals surface area contributed by atoms with Crippen LogP contribution in [0.15, 0.2) is 54.6 Å². The number of carbonyl (C=O) groups excluding carboxylic acids is 1. The SMILES string of the molecule is CC(NC(=O)COc1ccccc1Cc1ccccc1)C(C)C(=O)O. The van der Waals surface area contributed by atoms with E-state index < -0.39 is 17.9 Å². The number of hydrogen-bond acceptors (Lipinski definition) is 3. The Labute approximate surface area is 147 Å². The largest absolute Gasteiger partial charge is 0.483 e. The number of para-hydroxylation sites is 1. The van der Waals surface area contributed by atoms with E-state index in [1.165, 1.54) is 0 Å². The van der Waals surface area contributed by atoms with Gasteiger partial charge >= 0.3 is 5.97 Å². The van der Waals surface area contributed by atoms with E-state index in [1.807, 2.05) is 54.6 Å². The zero-order chi connectivity index (χ0) is 18.2. The summed E-state index contributed by atoms with van der Waals surface area (Å²) in [5.74, 6) is -1.29. The fourth-order valence-corrected chi connectivity index (χ4v) is 2.38. The van der Waals surface area contributed by atoms with E-state index in [4.69, 9.17) is 9.84 Å². The summed E-state index contributed by atoms with van der Waals surface area (Å²) in [6.07, 6.45) is 0.713. The highest BCUT2D eigenvalue weighted by atomic mass is 16.5. The minimum atomic E-state index is -0.943. The lowest BCUT2D eigenvalue weighted by Crippen LogP contribution is -2.42. The van der Waals surface area contributed by atoms with Crippen molar-refractivity contribution in [1.82, 2.24) is 5.32 Å². The molecule has 0 heterocycles. The molecular formula is C20H23NO4. The number of carboxylic acids is 1. The minimum absolute atomic E-state index is 0.150. The van der Waals surface area contributed by atoms with Gasteiger partial charge in [-0.05, 0) is 31.0 Å². The molecule has 5 nitrogen and oxygen atoms in total. The molecule has 132 valence electrons. The Balaban J connectivity index is 1.94. The molecule has 0 aromatic heterocycles.